The molecule has 0 amide bonds. The molecule has 0 aliphatic heterocycles. The van der Waals surface area contributed by atoms with Crippen molar-refractivity contribution in [2.75, 3.05) is 11.1 Å². The molecule has 0 saturated heterocycles. The molecular formula is C14H17N3O2S. The summed E-state index contributed by atoms with van der Waals surface area (Å²) in [7, 11) is -3.84. The van der Waals surface area contributed by atoms with Gasteiger partial charge in [-0.1, -0.05) is 17.7 Å². The Hall–Kier alpha value is -2.05. The maximum absolute atomic E-state index is 11.6. The number of primary sulfonamides is 1. The number of aryl methyl sites for hydroxylation is 2. The fraction of sp³-hybridized carbons (Fsp3) is 0.143. The molecule has 0 unspecified atom stereocenters. The molecule has 0 radical (unpaired) electrons. The predicted molar refractivity (Wildman–Crippen MR) is 81.4 cm³/mol. The standard InChI is InChI=1S/C14H17N3O2S/c1-9-3-5-12(10(2)7-9)17-13-6-4-11(15)8-14(13)20(16,18)19/h3-8,17H,15H2,1-2H3,(H2,16,18,19). The van der Waals surface area contributed by atoms with E-state index in [1.54, 1.807) is 12.1 Å². The first-order chi connectivity index (χ1) is 9.27. The zero-order valence-corrected chi connectivity index (χ0v) is 12.2. The summed E-state index contributed by atoms with van der Waals surface area (Å²) in [5.74, 6) is 0. The van der Waals surface area contributed by atoms with Crippen LogP contribution in [-0.2, 0) is 10.0 Å². The number of anilines is 3. The summed E-state index contributed by atoms with van der Waals surface area (Å²) in [4.78, 5) is -0.0162. The van der Waals surface area contributed by atoms with Crippen molar-refractivity contribution in [1.82, 2.24) is 0 Å². The summed E-state index contributed by atoms with van der Waals surface area (Å²) < 4.78 is 23.2. The van der Waals surface area contributed by atoms with Crippen molar-refractivity contribution in [3.05, 3.63) is 47.5 Å². The summed E-state index contributed by atoms with van der Waals surface area (Å²) >= 11 is 0. The van der Waals surface area contributed by atoms with E-state index in [1.165, 1.54) is 6.07 Å². The first-order valence-electron chi connectivity index (χ1n) is 6.04. The van der Waals surface area contributed by atoms with Crippen molar-refractivity contribution in [3.8, 4) is 0 Å². The van der Waals surface area contributed by atoms with Crippen LogP contribution in [0.5, 0.6) is 0 Å². The minimum Gasteiger partial charge on any atom is -0.399 e. The number of rotatable bonds is 3. The average Bonchev–Trinajstić information content (AvgIpc) is 2.33. The second-order valence-electron chi connectivity index (χ2n) is 4.74. The van der Waals surface area contributed by atoms with Crippen LogP contribution in [0.15, 0.2) is 41.3 Å². The van der Waals surface area contributed by atoms with Crippen molar-refractivity contribution >= 4 is 27.1 Å². The second-order valence-corrected chi connectivity index (χ2v) is 6.27. The van der Waals surface area contributed by atoms with Crippen LogP contribution in [0.2, 0.25) is 0 Å². The predicted octanol–water partition coefficient (Wildman–Crippen LogP) is 2.28. The Morgan fingerprint density at radius 1 is 1.00 bits per heavy atom. The van der Waals surface area contributed by atoms with Crippen LogP contribution in [0, 0.1) is 13.8 Å². The summed E-state index contributed by atoms with van der Waals surface area (Å²) in [6, 6.07) is 10.4. The van der Waals surface area contributed by atoms with E-state index in [2.05, 4.69) is 5.32 Å². The third-order valence-corrected chi connectivity index (χ3v) is 3.91. The molecule has 5 nitrogen and oxygen atoms in total. The molecule has 5 N–H and O–H groups in total. The summed E-state index contributed by atoms with van der Waals surface area (Å²) in [6.45, 7) is 3.94. The molecule has 2 rings (SSSR count). The number of benzene rings is 2. The highest BCUT2D eigenvalue weighted by atomic mass is 32.2. The van der Waals surface area contributed by atoms with Crippen molar-refractivity contribution < 1.29 is 8.42 Å². The van der Waals surface area contributed by atoms with Gasteiger partial charge in [0, 0.05) is 11.4 Å². The highest BCUT2D eigenvalue weighted by Crippen LogP contribution is 2.28. The van der Waals surface area contributed by atoms with Crippen LogP contribution in [-0.4, -0.2) is 8.42 Å². The Morgan fingerprint density at radius 3 is 2.25 bits per heavy atom. The van der Waals surface area contributed by atoms with Crippen molar-refractivity contribution in [3.63, 3.8) is 0 Å². The van der Waals surface area contributed by atoms with Crippen molar-refractivity contribution in [2.45, 2.75) is 18.7 Å². The highest BCUT2D eigenvalue weighted by Gasteiger charge is 2.15. The van der Waals surface area contributed by atoms with Gasteiger partial charge in [0.05, 0.1) is 5.69 Å². The maximum atomic E-state index is 11.6. The Kier molecular flexibility index (Phi) is 3.69. The molecule has 0 spiro atoms. The number of sulfonamides is 1. The smallest absolute Gasteiger partial charge is 0.240 e. The van der Waals surface area contributed by atoms with Crippen LogP contribution in [0.4, 0.5) is 17.1 Å². The lowest BCUT2D eigenvalue weighted by Crippen LogP contribution is -2.14. The van der Waals surface area contributed by atoms with Crippen molar-refractivity contribution in [2.24, 2.45) is 5.14 Å². The van der Waals surface area contributed by atoms with Gasteiger partial charge in [0.15, 0.2) is 0 Å². The summed E-state index contributed by atoms with van der Waals surface area (Å²) in [5, 5.41) is 8.31. The molecule has 0 heterocycles. The van der Waals surface area contributed by atoms with Gasteiger partial charge in [-0.3, -0.25) is 0 Å². The molecule has 106 valence electrons. The van der Waals surface area contributed by atoms with E-state index in [0.29, 0.717) is 11.4 Å². The maximum Gasteiger partial charge on any atom is 0.240 e. The molecule has 0 aliphatic carbocycles. The number of nitrogen functional groups attached to an aromatic ring is 1. The van der Waals surface area contributed by atoms with Gasteiger partial charge in [0.25, 0.3) is 0 Å². The van der Waals surface area contributed by atoms with Crippen LogP contribution >= 0.6 is 0 Å². The Labute approximate surface area is 118 Å². The Morgan fingerprint density at radius 2 is 1.65 bits per heavy atom. The van der Waals surface area contributed by atoms with Crippen LogP contribution in [0.25, 0.3) is 0 Å². The normalized spacial score (nSPS) is 11.3. The van der Waals surface area contributed by atoms with Gasteiger partial charge < -0.3 is 11.1 Å². The SMILES string of the molecule is Cc1ccc(Nc2ccc(N)cc2S(N)(=O)=O)c(C)c1. The number of hydrogen-bond acceptors (Lipinski definition) is 4. The molecule has 6 heteroatoms. The topological polar surface area (TPSA) is 98.2 Å². The first kappa shape index (κ1) is 14.4. The van der Waals surface area contributed by atoms with E-state index >= 15 is 0 Å². The molecule has 0 bridgehead atoms. The quantitative estimate of drug-likeness (QED) is 0.755. The molecule has 20 heavy (non-hydrogen) atoms. The summed E-state index contributed by atoms with van der Waals surface area (Å²) in [5.41, 5.74) is 9.35. The first-order valence-corrected chi connectivity index (χ1v) is 7.58. The molecule has 0 aromatic heterocycles. The molecular weight excluding hydrogens is 274 g/mol. The van der Waals surface area contributed by atoms with Crippen LogP contribution in [0.3, 0.4) is 0 Å². The van der Waals surface area contributed by atoms with E-state index in [-0.39, 0.29) is 4.90 Å². The minimum atomic E-state index is -3.84. The molecule has 0 aliphatic rings. The van der Waals surface area contributed by atoms with Crippen molar-refractivity contribution in [1.29, 1.82) is 0 Å². The van der Waals surface area contributed by atoms with Gasteiger partial charge in [-0.15, -0.1) is 0 Å². The third kappa shape index (κ3) is 3.09. The zero-order chi connectivity index (χ0) is 14.9. The van der Waals surface area contributed by atoms with E-state index < -0.39 is 10.0 Å². The Bertz CT molecular complexity index is 755. The lowest BCUT2D eigenvalue weighted by atomic mass is 10.1. The number of hydrogen-bond donors (Lipinski definition) is 3. The zero-order valence-electron chi connectivity index (χ0n) is 11.3. The fourth-order valence-electron chi connectivity index (χ4n) is 1.98. The fourth-order valence-corrected chi connectivity index (χ4v) is 2.70. The van der Waals surface area contributed by atoms with E-state index in [9.17, 15) is 8.42 Å². The number of nitrogens with two attached hydrogens (primary N) is 2. The van der Waals surface area contributed by atoms with Gasteiger partial charge >= 0.3 is 0 Å². The van der Waals surface area contributed by atoms with Gasteiger partial charge in [0.1, 0.15) is 4.90 Å². The van der Waals surface area contributed by atoms with Gasteiger partial charge in [-0.05, 0) is 43.7 Å². The molecule has 0 atom stereocenters. The summed E-state index contributed by atoms with van der Waals surface area (Å²) in [6.07, 6.45) is 0. The molecule has 0 saturated carbocycles. The van der Waals surface area contributed by atoms with Crippen LogP contribution in [0.1, 0.15) is 11.1 Å². The molecule has 0 fully saturated rings. The lowest BCUT2D eigenvalue weighted by Gasteiger charge is -2.13. The lowest BCUT2D eigenvalue weighted by molar-refractivity contribution is 0.598. The average molecular weight is 291 g/mol. The minimum absolute atomic E-state index is 0.0162. The number of nitrogens with one attached hydrogen (secondary N) is 1. The van der Waals surface area contributed by atoms with E-state index in [0.717, 1.165) is 16.8 Å². The van der Waals surface area contributed by atoms with Crippen LogP contribution < -0.4 is 16.2 Å². The monoisotopic (exact) mass is 291 g/mol. The third-order valence-electron chi connectivity index (χ3n) is 2.96. The molecule has 2 aromatic carbocycles. The second kappa shape index (κ2) is 5.15. The van der Waals surface area contributed by atoms with E-state index in [1.807, 2.05) is 32.0 Å². The largest absolute Gasteiger partial charge is 0.399 e. The van der Waals surface area contributed by atoms with E-state index in [4.69, 9.17) is 10.9 Å². The highest BCUT2D eigenvalue weighted by molar-refractivity contribution is 7.89. The van der Waals surface area contributed by atoms with Gasteiger partial charge in [0.2, 0.25) is 10.0 Å². The van der Waals surface area contributed by atoms with Gasteiger partial charge in [-0.2, -0.15) is 0 Å². The van der Waals surface area contributed by atoms with Gasteiger partial charge in [-0.25, -0.2) is 13.6 Å². The molecule has 2 aromatic rings. The Balaban J connectivity index is 2.49.